The van der Waals surface area contributed by atoms with E-state index in [0.717, 1.165) is 6.54 Å². The highest BCUT2D eigenvalue weighted by Gasteiger charge is 2.36. The lowest BCUT2D eigenvalue weighted by Gasteiger charge is -2.27. The fourth-order valence-corrected chi connectivity index (χ4v) is 2.70. The molecule has 0 aromatic heterocycles. The molecule has 0 aromatic rings. The minimum atomic E-state index is 0.102. The average molecular weight is 157 g/mol. The summed E-state index contributed by atoms with van der Waals surface area (Å²) in [7, 11) is 1.88. The molecular formula is C6H9N2OS-. The van der Waals surface area contributed by atoms with Crippen LogP contribution in [0.25, 0.3) is 5.43 Å². The summed E-state index contributed by atoms with van der Waals surface area (Å²) < 4.78 is 0. The number of hydrogen-bond donors (Lipinski definition) is 0. The molecule has 0 radical (unpaired) electrons. The van der Waals surface area contributed by atoms with Gasteiger partial charge in [0.2, 0.25) is 0 Å². The summed E-state index contributed by atoms with van der Waals surface area (Å²) in [5.41, 5.74) is 4.16. The number of fused-ring (bicyclic) bond motifs is 1. The van der Waals surface area contributed by atoms with Crippen LogP contribution in [0.1, 0.15) is 0 Å². The molecule has 2 heterocycles. The molecule has 4 heteroatoms. The van der Waals surface area contributed by atoms with Gasteiger partial charge >= 0.3 is 0 Å². The van der Waals surface area contributed by atoms with Crippen molar-refractivity contribution in [2.45, 2.75) is 11.3 Å². The van der Waals surface area contributed by atoms with Crippen LogP contribution in [0.15, 0.2) is 0 Å². The zero-order valence-electron chi connectivity index (χ0n) is 5.78. The molecule has 0 amide bonds. The molecule has 2 aliphatic heterocycles. The molecule has 2 rings (SSSR count). The van der Waals surface area contributed by atoms with Gasteiger partial charge in [0.05, 0.1) is 11.8 Å². The van der Waals surface area contributed by atoms with E-state index in [4.69, 9.17) is 0 Å². The number of carbonyl (C=O) groups excluding carboxylic acids is 1. The SMILES string of the molecule is CN1[N-]CC2SCC(=O)C21. The first-order valence-corrected chi connectivity index (χ1v) is 4.38. The van der Waals surface area contributed by atoms with E-state index in [2.05, 4.69) is 5.43 Å². The van der Waals surface area contributed by atoms with E-state index >= 15 is 0 Å². The van der Waals surface area contributed by atoms with Gasteiger partial charge in [-0.1, -0.05) is 0 Å². The highest BCUT2D eigenvalue weighted by Crippen LogP contribution is 2.34. The zero-order valence-corrected chi connectivity index (χ0v) is 6.60. The number of thioether (sulfide) groups is 1. The normalized spacial score (nSPS) is 40.7. The third kappa shape index (κ3) is 0.794. The molecule has 2 saturated heterocycles. The Morgan fingerprint density at radius 1 is 1.80 bits per heavy atom. The van der Waals surface area contributed by atoms with Crippen molar-refractivity contribution in [1.29, 1.82) is 0 Å². The maximum absolute atomic E-state index is 11.1. The van der Waals surface area contributed by atoms with Crippen molar-refractivity contribution in [3.63, 3.8) is 0 Å². The van der Waals surface area contributed by atoms with Crippen molar-refractivity contribution >= 4 is 17.5 Å². The minimum absolute atomic E-state index is 0.102. The van der Waals surface area contributed by atoms with Crippen molar-refractivity contribution in [2.75, 3.05) is 19.3 Å². The van der Waals surface area contributed by atoms with Crippen LogP contribution in [0.3, 0.4) is 0 Å². The lowest BCUT2D eigenvalue weighted by Crippen LogP contribution is -2.32. The monoisotopic (exact) mass is 157 g/mol. The van der Waals surface area contributed by atoms with Crippen LogP contribution >= 0.6 is 11.8 Å². The van der Waals surface area contributed by atoms with Crippen molar-refractivity contribution in [2.24, 2.45) is 0 Å². The Morgan fingerprint density at radius 3 is 3.30 bits per heavy atom. The van der Waals surface area contributed by atoms with Gasteiger partial charge in [0.25, 0.3) is 0 Å². The first-order chi connectivity index (χ1) is 4.79. The Kier molecular flexibility index (Phi) is 1.47. The largest absolute Gasteiger partial charge is 0.593 e. The van der Waals surface area contributed by atoms with Crippen LogP contribution in [-0.2, 0) is 4.79 Å². The lowest BCUT2D eigenvalue weighted by molar-refractivity contribution is -0.119. The van der Waals surface area contributed by atoms with Gasteiger partial charge in [-0.15, -0.1) is 6.54 Å². The number of rotatable bonds is 0. The van der Waals surface area contributed by atoms with Gasteiger partial charge in [-0.3, -0.25) is 4.79 Å². The molecule has 2 unspecified atom stereocenters. The summed E-state index contributed by atoms with van der Waals surface area (Å²) in [5.74, 6) is 1.04. The average Bonchev–Trinajstić information content (AvgIpc) is 2.40. The lowest BCUT2D eigenvalue weighted by atomic mass is 10.1. The van der Waals surface area contributed by atoms with Gasteiger partial charge in [-0.2, -0.15) is 11.8 Å². The second kappa shape index (κ2) is 2.22. The molecular weight excluding hydrogens is 148 g/mol. The topological polar surface area (TPSA) is 34.4 Å². The maximum Gasteiger partial charge on any atom is 0.159 e. The van der Waals surface area contributed by atoms with Gasteiger partial charge in [0.15, 0.2) is 5.78 Å². The van der Waals surface area contributed by atoms with Crippen molar-refractivity contribution < 1.29 is 4.79 Å². The van der Waals surface area contributed by atoms with Gasteiger partial charge in [-0.05, 0) is 7.05 Å². The molecule has 2 atom stereocenters. The van der Waals surface area contributed by atoms with Crippen LogP contribution in [0, 0.1) is 0 Å². The fourth-order valence-electron chi connectivity index (χ4n) is 1.47. The van der Waals surface area contributed by atoms with E-state index in [0.29, 0.717) is 16.8 Å². The number of Topliss-reactive ketones (excluding diaryl/α,β-unsaturated/α-hetero) is 1. The molecule has 10 heavy (non-hydrogen) atoms. The predicted octanol–water partition coefficient (Wildman–Crippen LogP) is 0.274. The molecule has 0 saturated carbocycles. The van der Waals surface area contributed by atoms with Gasteiger partial charge in [0, 0.05) is 5.25 Å². The van der Waals surface area contributed by atoms with Crippen LogP contribution in [0.5, 0.6) is 0 Å². The third-order valence-electron chi connectivity index (χ3n) is 2.01. The Morgan fingerprint density at radius 2 is 2.60 bits per heavy atom. The van der Waals surface area contributed by atoms with Crippen LogP contribution in [-0.4, -0.2) is 41.4 Å². The molecule has 0 N–H and O–H groups in total. The molecule has 56 valence electrons. The predicted molar refractivity (Wildman–Crippen MR) is 41.0 cm³/mol. The van der Waals surface area contributed by atoms with E-state index < -0.39 is 0 Å². The summed E-state index contributed by atoms with van der Waals surface area (Å²) in [4.78, 5) is 11.1. The summed E-state index contributed by atoms with van der Waals surface area (Å²) >= 11 is 1.74. The van der Waals surface area contributed by atoms with Gasteiger partial charge < -0.3 is 10.4 Å². The molecule has 0 bridgehead atoms. The number of nitrogens with zero attached hydrogens (tertiary/aromatic N) is 2. The van der Waals surface area contributed by atoms with E-state index in [1.807, 2.05) is 12.1 Å². The third-order valence-corrected chi connectivity index (χ3v) is 3.30. The smallest absolute Gasteiger partial charge is 0.159 e. The summed E-state index contributed by atoms with van der Waals surface area (Å²) in [6, 6.07) is 0.102. The number of likely N-dealkylation sites (N-methyl/N-ethyl adjacent to an activating group) is 1. The Hall–Kier alpha value is -0.0600. The van der Waals surface area contributed by atoms with E-state index in [9.17, 15) is 4.79 Å². The second-order valence-electron chi connectivity index (χ2n) is 2.66. The van der Waals surface area contributed by atoms with Crippen LogP contribution < -0.4 is 0 Å². The Labute approximate surface area is 64.1 Å². The first-order valence-electron chi connectivity index (χ1n) is 3.33. The Bertz CT molecular complexity index is 173. The summed E-state index contributed by atoms with van der Waals surface area (Å²) in [6.07, 6.45) is 0. The van der Waals surface area contributed by atoms with Crippen molar-refractivity contribution in [3.05, 3.63) is 5.43 Å². The molecule has 0 aliphatic carbocycles. The van der Waals surface area contributed by atoms with E-state index in [1.165, 1.54) is 0 Å². The number of hydrogen-bond acceptors (Lipinski definition) is 3. The van der Waals surface area contributed by atoms with Gasteiger partial charge in [0.1, 0.15) is 0 Å². The van der Waals surface area contributed by atoms with E-state index in [-0.39, 0.29) is 6.04 Å². The quantitative estimate of drug-likeness (QED) is 0.506. The highest BCUT2D eigenvalue weighted by molar-refractivity contribution is 8.01. The maximum atomic E-state index is 11.1. The standard InChI is InChI=1S/C6H9N2OS/c1-8-6-4(9)3-10-5(6)2-7-8/h5-6H,2-3H2,1H3/q-1. The molecule has 2 aliphatic rings. The molecule has 0 spiro atoms. The minimum Gasteiger partial charge on any atom is -0.593 e. The number of ketones is 1. The first kappa shape index (κ1) is 6.64. The fraction of sp³-hybridized carbons (Fsp3) is 0.833. The summed E-state index contributed by atoms with van der Waals surface area (Å²) in [5, 5.41) is 2.27. The Balaban J connectivity index is 2.19. The molecule has 0 aromatic carbocycles. The highest BCUT2D eigenvalue weighted by atomic mass is 32.2. The summed E-state index contributed by atoms with van der Waals surface area (Å²) in [6.45, 7) is 0.831. The van der Waals surface area contributed by atoms with Gasteiger partial charge in [-0.25, -0.2) is 0 Å². The van der Waals surface area contributed by atoms with Crippen LogP contribution in [0.4, 0.5) is 0 Å². The molecule has 3 nitrogen and oxygen atoms in total. The molecule has 2 fully saturated rings. The van der Waals surface area contributed by atoms with E-state index in [1.54, 1.807) is 11.8 Å². The number of carbonyl (C=O) groups is 1. The zero-order chi connectivity index (χ0) is 7.14. The van der Waals surface area contributed by atoms with Crippen molar-refractivity contribution in [1.82, 2.24) is 5.01 Å². The van der Waals surface area contributed by atoms with Crippen molar-refractivity contribution in [3.8, 4) is 0 Å². The van der Waals surface area contributed by atoms with Crippen LogP contribution in [0.2, 0.25) is 0 Å². The second-order valence-corrected chi connectivity index (χ2v) is 3.89.